The summed E-state index contributed by atoms with van der Waals surface area (Å²) in [6.07, 6.45) is 1.77. The van der Waals surface area contributed by atoms with Crippen molar-refractivity contribution in [2.45, 2.75) is 50.5 Å². The molecule has 0 heterocycles. The molecule has 0 unspecified atom stereocenters. The van der Waals surface area contributed by atoms with Gasteiger partial charge in [0.1, 0.15) is 5.75 Å². The van der Waals surface area contributed by atoms with E-state index in [1.54, 1.807) is 19.1 Å². The van der Waals surface area contributed by atoms with Crippen molar-refractivity contribution in [2.24, 2.45) is 0 Å². The molecule has 1 fully saturated rings. The van der Waals surface area contributed by atoms with Crippen LogP contribution >= 0.6 is 0 Å². The molecule has 6 nitrogen and oxygen atoms in total. The van der Waals surface area contributed by atoms with Crippen LogP contribution in [0.4, 0.5) is 5.69 Å². The highest BCUT2D eigenvalue weighted by atomic mass is 32.2. The molecule has 3 rings (SSSR count). The Balaban J connectivity index is 1.57. The second kappa shape index (κ2) is 8.32. The molecule has 0 bridgehead atoms. The summed E-state index contributed by atoms with van der Waals surface area (Å²) in [5.74, 6) is 0.641. The summed E-state index contributed by atoms with van der Waals surface area (Å²) in [5, 5.41) is 2.79. The van der Waals surface area contributed by atoms with Crippen molar-refractivity contribution < 1.29 is 17.9 Å². The second-order valence-electron chi connectivity index (χ2n) is 7.44. The van der Waals surface area contributed by atoms with E-state index in [1.807, 2.05) is 24.3 Å². The van der Waals surface area contributed by atoms with Gasteiger partial charge in [0, 0.05) is 11.7 Å². The molecule has 0 radical (unpaired) electrons. The molecule has 2 N–H and O–H groups in total. The summed E-state index contributed by atoms with van der Waals surface area (Å²) in [7, 11) is -3.50. The topological polar surface area (TPSA) is 84.5 Å². The predicted octanol–water partition coefficient (Wildman–Crippen LogP) is 3.58. The molecular formula is C21H26N2O4S. The second-order valence-corrected chi connectivity index (χ2v) is 9.15. The number of sulfonamides is 1. The minimum Gasteiger partial charge on any atom is -0.483 e. The first-order chi connectivity index (χ1) is 13.2. The van der Waals surface area contributed by atoms with E-state index in [9.17, 15) is 13.2 Å². The Kier molecular flexibility index (Phi) is 6.05. The zero-order valence-corrected chi connectivity index (χ0v) is 17.2. The van der Waals surface area contributed by atoms with Crippen LogP contribution in [0.25, 0.3) is 0 Å². The lowest BCUT2D eigenvalue weighted by atomic mass is 10.0. The maximum absolute atomic E-state index is 12.3. The summed E-state index contributed by atoms with van der Waals surface area (Å²) >= 11 is 0. The van der Waals surface area contributed by atoms with Gasteiger partial charge in [-0.15, -0.1) is 0 Å². The Bertz CT molecular complexity index is 949. The van der Waals surface area contributed by atoms with Crippen LogP contribution in [0.5, 0.6) is 5.75 Å². The fraction of sp³-hybridized carbons (Fsp3) is 0.381. The van der Waals surface area contributed by atoms with Gasteiger partial charge < -0.3 is 10.1 Å². The molecule has 1 saturated carbocycles. The molecule has 0 atom stereocenters. The first-order valence-electron chi connectivity index (χ1n) is 9.40. The number of aryl methyl sites for hydroxylation is 1. The standard InChI is InChI=1S/C21H26N2O4S/c1-14(2)16-4-6-17(7-5-16)22-21(24)13-27-20-11-10-19(12-15(20)3)28(25,26)23-18-8-9-18/h4-7,10-12,14,18,23H,8-9,13H2,1-3H3,(H,22,24). The molecule has 0 spiro atoms. The highest BCUT2D eigenvalue weighted by Crippen LogP contribution is 2.25. The van der Waals surface area contributed by atoms with Crippen LogP contribution in [0.15, 0.2) is 47.4 Å². The highest BCUT2D eigenvalue weighted by molar-refractivity contribution is 7.89. The Labute approximate surface area is 166 Å². The summed E-state index contributed by atoms with van der Waals surface area (Å²) in [5.41, 5.74) is 2.58. The monoisotopic (exact) mass is 402 g/mol. The molecule has 0 aromatic heterocycles. The Morgan fingerprint density at radius 3 is 2.39 bits per heavy atom. The van der Waals surface area contributed by atoms with Crippen LogP contribution in [0.1, 0.15) is 43.7 Å². The van der Waals surface area contributed by atoms with Crippen LogP contribution in [0.3, 0.4) is 0 Å². The molecule has 0 saturated heterocycles. The number of hydrogen-bond acceptors (Lipinski definition) is 4. The van der Waals surface area contributed by atoms with Crippen molar-refractivity contribution in [3.05, 3.63) is 53.6 Å². The zero-order valence-electron chi connectivity index (χ0n) is 16.4. The number of rotatable bonds is 8. The van der Waals surface area contributed by atoms with Gasteiger partial charge in [0.2, 0.25) is 10.0 Å². The molecule has 150 valence electrons. The third kappa shape index (κ3) is 5.33. The first kappa shape index (κ1) is 20.4. The fourth-order valence-corrected chi connectivity index (χ4v) is 4.12. The van der Waals surface area contributed by atoms with Gasteiger partial charge in [0.05, 0.1) is 4.90 Å². The van der Waals surface area contributed by atoms with Crippen LogP contribution in [-0.4, -0.2) is 27.0 Å². The van der Waals surface area contributed by atoms with Crippen LogP contribution < -0.4 is 14.8 Å². The van der Waals surface area contributed by atoms with Gasteiger partial charge in [0.15, 0.2) is 6.61 Å². The van der Waals surface area contributed by atoms with E-state index >= 15 is 0 Å². The maximum atomic E-state index is 12.3. The van der Waals surface area contributed by atoms with Gasteiger partial charge in [-0.3, -0.25) is 4.79 Å². The zero-order chi connectivity index (χ0) is 20.3. The minimum atomic E-state index is -3.50. The molecule has 2 aromatic carbocycles. The van der Waals surface area contributed by atoms with Crippen molar-refractivity contribution in [1.29, 1.82) is 0 Å². The minimum absolute atomic E-state index is 0.0551. The van der Waals surface area contributed by atoms with E-state index in [1.165, 1.54) is 11.6 Å². The van der Waals surface area contributed by atoms with E-state index in [4.69, 9.17) is 4.74 Å². The van der Waals surface area contributed by atoms with E-state index in [0.717, 1.165) is 12.8 Å². The highest BCUT2D eigenvalue weighted by Gasteiger charge is 2.28. The van der Waals surface area contributed by atoms with Gasteiger partial charge in [-0.1, -0.05) is 26.0 Å². The SMILES string of the molecule is Cc1cc(S(=O)(=O)NC2CC2)ccc1OCC(=O)Nc1ccc(C(C)C)cc1. The van der Waals surface area contributed by atoms with Crippen LogP contribution in [-0.2, 0) is 14.8 Å². The Morgan fingerprint density at radius 1 is 1.14 bits per heavy atom. The number of amides is 1. The number of ether oxygens (including phenoxy) is 1. The van der Waals surface area contributed by atoms with Crippen LogP contribution in [0.2, 0.25) is 0 Å². The van der Waals surface area contributed by atoms with E-state index in [2.05, 4.69) is 23.9 Å². The third-order valence-corrected chi connectivity index (χ3v) is 6.09. The molecular weight excluding hydrogens is 376 g/mol. The molecule has 1 amide bonds. The lowest BCUT2D eigenvalue weighted by Gasteiger charge is -2.12. The number of carbonyl (C=O) groups excluding carboxylic acids is 1. The van der Waals surface area contributed by atoms with Gasteiger partial charge in [-0.25, -0.2) is 13.1 Å². The maximum Gasteiger partial charge on any atom is 0.262 e. The summed E-state index contributed by atoms with van der Waals surface area (Å²) in [6.45, 7) is 5.83. The van der Waals surface area contributed by atoms with Gasteiger partial charge >= 0.3 is 0 Å². The number of carbonyl (C=O) groups is 1. The molecule has 28 heavy (non-hydrogen) atoms. The summed E-state index contributed by atoms with van der Waals surface area (Å²) in [6, 6.07) is 12.4. The van der Waals surface area contributed by atoms with Crippen molar-refractivity contribution in [1.82, 2.24) is 4.72 Å². The predicted molar refractivity (Wildman–Crippen MR) is 109 cm³/mol. The van der Waals surface area contributed by atoms with Crippen molar-refractivity contribution >= 4 is 21.6 Å². The van der Waals surface area contributed by atoms with Crippen LogP contribution in [0, 0.1) is 6.92 Å². The lowest BCUT2D eigenvalue weighted by Crippen LogP contribution is -2.25. The van der Waals surface area contributed by atoms with Gasteiger partial charge in [-0.05, 0) is 67.1 Å². The largest absolute Gasteiger partial charge is 0.483 e. The fourth-order valence-electron chi connectivity index (χ4n) is 2.73. The number of anilines is 1. The summed E-state index contributed by atoms with van der Waals surface area (Å²) in [4.78, 5) is 12.3. The molecule has 7 heteroatoms. The molecule has 2 aromatic rings. The summed E-state index contributed by atoms with van der Waals surface area (Å²) < 4.78 is 32.7. The van der Waals surface area contributed by atoms with E-state index in [-0.39, 0.29) is 23.5 Å². The van der Waals surface area contributed by atoms with E-state index < -0.39 is 10.0 Å². The average molecular weight is 403 g/mol. The smallest absolute Gasteiger partial charge is 0.262 e. The third-order valence-electron chi connectivity index (χ3n) is 4.58. The van der Waals surface area contributed by atoms with Crippen molar-refractivity contribution in [3.63, 3.8) is 0 Å². The Morgan fingerprint density at radius 2 is 1.82 bits per heavy atom. The molecule has 0 aliphatic heterocycles. The quantitative estimate of drug-likeness (QED) is 0.707. The van der Waals surface area contributed by atoms with Crippen molar-refractivity contribution in [3.8, 4) is 5.75 Å². The van der Waals surface area contributed by atoms with Gasteiger partial charge in [-0.2, -0.15) is 0 Å². The normalized spacial score (nSPS) is 14.1. The Hall–Kier alpha value is -2.38. The molecule has 1 aliphatic carbocycles. The lowest BCUT2D eigenvalue weighted by molar-refractivity contribution is -0.118. The average Bonchev–Trinajstić information content (AvgIpc) is 3.44. The van der Waals surface area contributed by atoms with E-state index in [0.29, 0.717) is 22.9 Å². The number of hydrogen-bond donors (Lipinski definition) is 2. The first-order valence-corrected chi connectivity index (χ1v) is 10.9. The number of nitrogens with one attached hydrogen (secondary N) is 2. The van der Waals surface area contributed by atoms with Gasteiger partial charge in [0.25, 0.3) is 5.91 Å². The number of benzene rings is 2. The molecule has 1 aliphatic rings. The van der Waals surface area contributed by atoms with Crippen molar-refractivity contribution in [2.75, 3.05) is 11.9 Å².